The second-order valence-corrected chi connectivity index (χ2v) is 7.15. The third-order valence-corrected chi connectivity index (χ3v) is 6.28. The quantitative estimate of drug-likeness (QED) is 0.621. The normalized spacial score (nSPS) is 40.9. The lowest BCUT2D eigenvalue weighted by atomic mass is 9.63. The van der Waals surface area contributed by atoms with Crippen LogP contribution in [0.4, 0.5) is 5.69 Å². The van der Waals surface area contributed by atoms with Gasteiger partial charge in [0, 0.05) is 0 Å². The second-order valence-electron chi connectivity index (χ2n) is 7.15. The summed E-state index contributed by atoms with van der Waals surface area (Å²) in [6.45, 7) is 2.07. The Morgan fingerprint density at radius 1 is 1.00 bits per heavy atom. The topological polar surface area (TPSA) is 37.4 Å². The summed E-state index contributed by atoms with van der Waals surface area (Å²) in [5.74, 6) is 1.81. The first-order valence-electron chi connectivity index (χ1n) is 8.36. The van der Waals surface area contributed by atoms with Gasteiger partial charge < -0.3 is 0 Å². The van der Waals surface area contributed by atoms with E-state index in [1.165, 1.54) is 11.3 Å². The van der Waals surface area contributed by atoms with Crippen molar-refractivity contribution in [3.63, 3.8) is 0 Å². The molecule has 0 unspecified atom stereocenters. The highest BCUT2D eigenvalue weighted by molar-refractivity contribution is 6.23. The average Bonchev–Trinajstić information content (AvgIpc) is 3.32. The van der Waals surface area contributed by atoms with Gasteiger partial charge in [0.1, 0.15) is 0 Å². The van der Waals surface area contributed by atoms with Gasteiger partial charge in [0.25, 0.3) is 0 Å². The molecule has 112 valence electrons. The Morgan fingerprint density at radius 3 is 2.18 bits per heavy atom. The Labute approximate surface area is 130 Å². The molecule has 6 rings (SSSR count). The van der Waals surface area contributed by atoms with E-state index in [-0.39, 0.29) is 23.7 Å². The lowest BCUT2D eigenvalue weighted by molar-refractivity contribution is -0.124. The van der Waals surface area contributed by atoms with E-state index in [2.05, 4.69) is 19.1 Å². The van der Waals surface area contributed by atoms with Crippen LogP contribution in [0.2, 0.25) is 0 Å². The number of rotatable bonds is 2. The fourth-order valence-electron chi connectivity index (χ4n) is 5.22. The highest BCUT2D eigenvalue weighted by Gasteiger charge is 2.67. The largest absolute Gasteiger partial charge is 0.274 e. The summed E-state index contributed by atoms with van der Waals surface area (Å²) in [5, 5.41) is 0. The predicted molar refractivity (Wildman–Crippen MR) is 83.0 cm³/mol. The Morgan fingerprint density at radius 2 is 1.59 bits per heavy atom. The molecule has 6 atom stereocenters. The summed E-state index contributed by atoms with van der Waals surface area (Å²) < 4.78 is 0. The van der Waals surface area contributed by atoms with Crippen LogP contribution in [-0.2, 0) is 16.0 Å². The van der Waals surface area contributed by atoms with Gasteiger partial charge in [-0.1, -0.05) is 37.3 Å². The van der Waals surface area contributed by atoms with E-state index < -0.39 is 0 Å². The predicted octanol–water partition coefficient (Wildman–Crippen LogP) is 2.81. The van der Waals surface area contributed by atoms with Crippen LogP contribution in [0.25, 0.3) is 0 Å². The number of aryl methyl sites for hydroxylation is 1. The van der Waals surface area contributed by atoms with E-state index in [9.17, 15) is 9.59 Å². The summed E-state index contributed by atoms with van der Waals surface area (Å²) in [6.07, 6.45) is 6.49. The maximum atomic E-state index is 13.0. The van der Waals surface area contributed by atoms with Crippen molar-refractivity contribution >= 4 is 17.5 Å². The molecule has 0 spiro atoms. The average molecular weight is 293 g/mol. The summed E-state index contributed by atoms with van der Waals surface area (Å²) in [6, 6.07) is 7.83. The minimum Gasteiger partial charge on any atom is -0.274 e. The first kappa shape index (κ1) is 12.6. The first-order chi connectivity index (χ1) is 10.7. The van der Waals surface area contributed by atoms with Crippen LogP contribution < -0.4 is 4.90 Å². The Kier molecular flexibility index (Phi) is 2.35. The molecule has 1 aromatic carbocycles. The zero-order valence-corrected chi connectivity index (χ0v) is 12.6. The van der Waals surface area contributed by atoms with E-state index in [0.29, 0.717) is 23.7 Å². The maximum Gasteiger partial charge on any atom is 0.238 e. The monoisotopic (exact) mass is 293 g/mol. The molecule has 4 aliphatic carbocycles. The van der Waals surface area contributed by atoms with E-state index in [1.807, 2.05) is 24.3 Å². The second kappa shape index (κ2) is 4.09. The highest BCUT2D eigenvalue weighted by atomic mass is 16.2. The third kappa shape index (κ3) is 1.37. The van der Waals surface area contributed by atoms with Crippen LogP contribution in [0.3, 0.4) is 0 Å². The van der Waals surface area contributed by atoms with E-state index >= 15 is 0 Å². The van der Waals surface area contributed by atoms with Crippen LogP contribution >= 0.6 is 0 Å². The van der Waals surface area contributed by atoms with Gasteiger partial charge in [-0.25, -0.2) is 4.90 Å². The molecule has 0 N–H and O–H groups in total. The Balaban J connectivity index is 1.60. The molecular weight excluding hydrogens is 274 g/mol. The smallest absolute Gasteiger partial charge is 0.238 e. The standard InChI is InChI=1S/C19H19NO2/c1-2-10-5-3-4-6-15(10)20-18(21)16-11-7-8-12(14-9-13(11)14)17(16)19(20)22/h3-8,11-14,16-17H,2,9H2,1H3/t11-,12-,13-,14-,16-,17+/m1/s1. The number of carbonyl (C=O) groups is 2. The van der Waals surface area contributed by atoms with E-state index in [4.69, 9.17) is 0 Å². The molecule has 22 heavy (non-hydrogen) atoms. The molecule has 1 heterocycles. The van der Waals surface area contributed by atoms with Crippen LogP contribution in [0.15, 0.2) is 36.4 Å². The van der Waals surface area contributed by atoms with Crippen molar-refractivity contribution in [3.05, 3.63) is 42.0 Å². The number of hydrogen-bond acceptors (Lipinski definition) is 2. The lowest BCUT2D eigenvalue weighted by Crippen LogP contribution is -2.40. The molecule has 2 amide bonds. The van der Waals surface area contributed by atoms with Gasteiger partial charge in [0.05, 0.1) is 17.5 Å². The van der Waals surface area contributed by atoms with Crippen molar-refractivity contribution in [2.45, 2.75) is 19.8 Å². The number of anilines is 1. The number of nitrogens with zero attached hydrogens (tertiary/aromatic N) is 1. The molecule has 3 fully saturated rings. The van der Waals surface area contributed by atoms with Gasteiger partial charge in [0.15, 0.2) is 0 Å². The number of para-hydroxylation sites is 1. The molecule has 1 saturated heterocycles. The Hall–Kier alpha value is -1.90. The van der Waals surface area contributed by atoms with Gasteiger partial charge in [-0.15, -0.1) is 0 Å². The summed E-state index contributed by atoms with van der Waals surface area (Å²) in [5.41, 5.74) is 1.88. The van der Waals surface area contributed by atoms with Gasteiger partial charge in [-0.3, -0.25) is 9.59 Å². The number of benzene rings is 1. The summed E-state index contributed by atoms with van der Waals surface area (Å²) in [4.78, 5) is 27.6. The zero-order chi connectivity index (χ0) is 15.0. The van der Waals surface area contributed by atoms with Crippen LogP contribution in [0.1, 0.15) is 18.9 Å². The molecule has 0 aromatic heterocycles. The highest BCUT2D eigenvalue weighted by Crippen LogP contribution is 2.65. The first-order valence-corrected chi connectivity index (χ1v) is 8.36. The maximum absolute atomic E-state index is 13.0. The molecule has 0 radical (unpaired) electrons. The van der Waals surface area contributed by atoms with Gasteiger partial charge in [0.2, 0.25) is 11.8 Å². The molecule has 3 nitrogen and oxygen atoms in total. The zero-order valence-electron chi connectivity index (χ0n) is 12.6. The fourth-order valence-corrected chi connectivity index (χ4v) is 5.22. The molecule has 1 aromatic rings. The van der Waals surface area contributed by atoms with Crippen molar-refractivity contribution in [2.24, 2.45) is 35.5 Å². The minimum absolute atomic E-state index is 0.0422. The van der Waals surface area contributed by atoms with E-state index in [0.717, 1.165) is 17.7 Å². The number of carbonyl (C=O) groups excluding carboxylic acids is 2. The van der Waals surface area contributed by atoms with Crippen molar-refractivity contribution in [2.75, 3.05) is 4.90 Å². The molecular formula is C19H19NO2. The van der Waals surface area contributed by atoms with Crippen molar-refractivity contribution in [1.82, 2.24) is 0 Å². The van der Waals surface area contributed by atoms with Gasteiger partial charge in [-0.2, -0.15) is 0 Å². The number of hydrogen-bond donors (Lipinski definition) is 0. The number of amides is 2. The van der Waals surface area contributed by atoms with Crippen LogP contribution in [-0.4, -0.2) is 11.8 Å². The van der Waals surface area contributed by atoms with Gasteiger partial charge in [-0.05, 0) is 48.1 Å². The molecule has 5 aliphatic rings. The van der Waals surface area contributed by atoms with Crippen LogP contribution in [0, 0.1) is 35.5 Å². The van der Waals surface area contributed by atoms with Crippen LogP contribution in [0.5, 0.6) is 0 Å². The lowest BCUT2D eigenvalue weighted by Gasteiger charge is -2.37. The third-order valence-electron chi connectivity index (χ3n) is 6.28. The SMILES string of the molecule is CCc1ccccc1N1C(=O)[C@@H]2[C@@H]3C=C[C@H]([C@H]4C[C@H]34)[C@@H]2C1=O. The number of allylic oxidation sites excluding steroid dienone is 2. The molecule has 2 saturated carbocycles. The summed E-state index contributed by atoms with van der Waals surface area (Å²) >= 11 is 0. The number of imide groups is 1. The Bertz CT molecular complexity index is 686. The van der Waals surface area contributed by atoms with E-state index in [1.54, 1.807) is 0 Å². The fraction of sp³-hybridized carbons (Fsp3) is 0.474. The molecule has 2 bridgehead atoms. The molecule has 3 heteroatoms. The van der Waals surface area contributed by atoms with Crippen molar-refractivity contribution in [1.29, 1.82) is 0 Å². The minimum atomic E-state index is -0.101. The van der Waals surface area contributed by atoms with Gasteiger partial charge >= 0.3 is 0 Å². The van der Waals surface area contributed by atoms with Crippen molar-refractivity contribution in [3.8, 4) is 0 Å². The summed E-state index contributed by atoms with van der Waals surface area (Å²) in [7, 11) is 0. The van der Waals surface area contributed by atoms with Crippen molar-refractivity contribution < 1.29 is 9.59 Å². The molecule has 1 aliphatic heterocycles.